The van der Waals surface area contributed by atoms with Gasteiger partial charge in [-0.3, -0.25) is 0 Å². The van der Waals surface area contributed by atoms with Crippen LogP contribution in [0.3, 0.4) is 0 Å². The third-order valence-corrected chi connectivity index (χ3v) is 2.54. The van der Waals surface area contributed by atoms with Crippen molar-refractivity contribution in [1.82, 2.24) is 20.2 Å². The Kier molecular flexibility index (Phi) is 5.63. The smallest absolute Gasteiger partial charge is 0.316 e. The van der Waals surface area contributed by atoms with E-state index >= 15 is 0 Å². The summed E-state index contributed by atoms with van der Waals surface area (Å²) in [6, 6.07) is -0.133. The van der Waals surface area contributed by atoms with Crippen molar-refractivity contribution in [2.24, 2.45) is 0 Å². The van der Waals surface area contributed by atoms with Crippen molar-refractivity contribution in [3.8, 4) is 5.88 Å². The quantitative estimate of drug-likeness (QED) is 0.790. The van der Waals surface area contributed by atoms with E-state index in [1.807, 2.05) is 0 Å². The van der Waals surface area contributed by atoms with Crippen LogP contribution in [0.25, 0.3) is 0 Å². The first kappa shape index (κ1) is 14.5. The van der Waals surface area contributed by atoms with Crippen LogP contribution in [0.5, 0.6) is 5.88 Å². The molecule has 0 aliphatic carbocycles. The minimum atomic E-state index is -0.133. The average Bonchev–Trinajstić information content (AvgIpc) is 2.35. The number of nitrogens with zero attached hydrogens (tertiary/aromatic N) is 3. The molecule has 2 amide bonds. The first-order valence-corrected chi connectivity index (χ1v) is 6.09. The number of carbonyl (C=O) groups is 1. The summed E-state index contributed by atoms with van der Waals surface area (Å²) in [5.41, 5.74) is 0. The van der Waals surface area contributed by atoms with Crippen molar-refractivity contribution in [2.75, 3.05) is 39.6 Å². The lowest BCUT2D eigenvalue weighted by Gasteiger charge is -2.12. The predicted molar refractivity (Wildman–Crippen MR) is 71.9 cm³/mol. The number of carbonyl (C=O) groups excluding carboxylic acids is 1. The summed E-state index contributed by atoms with van der Waals surface area (Å²) in [6.45, 7) is 1.02. The van der Waals surface area contributed by atoms with Crippen molar-refractivity contribution < 1.29 is 9.53 Å². The molecule has 1 aromatic heterocycles. The van der Waals surface area contributed by atoms with E-state index < -0.39 is 0 Å². The molecule has 18 heavy (non-hydrogen) atoms. The Labute approximate surface area is 114 Å². The monoisotopic (exact) mass is 317 g/mol. The van der Waals surface area contributed by atoms with Crippen molar-refractivity contribution in [1.29, 1.82) is 0 Å². The summed E-state index contributed by atoms with van der Waals surface area (Å²) in [7, 11) is 4.91. The van der Waals surface area contributed by atoms with Crippen LogP contribution in [0.1, 0.15) is 0 Å². The minimum absolute atomic E-state index is 0.133. The Bertz CT molecular complexity index is 413. The molecule has 8 heteroatoms. The van der Waals surface area contributed by atoms with Crippen molar-refractivity contribution in [2.45, 2.75) is 0 Å². The van der Waals surface area contributed by atoms with Crippen molar-refractivity contribution >= 4 is 27.9 Å². The van der Waals surface area contributed by atoms with Crippen LogP contribution in [0.2, 0.25) is 0 Å². The van der Waals surface area contributed by atoms with E-state index in [0.717, 1.165) is 0 Å². The number of hydrogen-bond acceptors (Lipinski definition) is 5. The zero-order valence-electron chi connectivity index (χ0n) is 10.5. The molecule has 1 aromatic rings. The van der Waals surface area contributed by atoms with Crippen molar-refractivity contribution in [3.05, 3.63) is 10.7 Å². The van der Waals surface area contributed by atoms with Gasteiger partial charge in [-0.15, -0.1) is 0 Å². The lowest BCUT2D eigenvalue weighted by atomic mass is 10.6. The van der Waals surface area contributed by atoms with Gasteiger partial charge in [-0.05, 0) is 15.9 Å². The van der Waals surface area contributed by atoms with Crippen LogP contribution in [0.4, 0.5) is 10.7 Å². The third kappa shape index (κ3) is 4.36. The van der Waals surface area contributed by atoms with E-state index in [4.69, 9.17) is 4.74 Å². The number of anilines is 1. The molecule has 0 unspecified atom stereocenters. The summed E-state index contributed by atoms with van der Waals surface area (Å²) in [5, 5.41) is 5.71. The maximum Gasteiger partial charge on any atom is 0.316 e. The van der Waals surface area contributed by atoms with Crippen molar-refractivity contribution in [3.63, 3.8) is 0 Å². The first-order chi connectivity index (χ1) is 8.54. The highest BCUT2D eigenvalue weighted by atomic mass is 79.9. The normalized spacial score (nSPS) is 9.78. The summed E-state index contributed by atoms with van der Waals surface area (Å²) in [5.74, 6) is 0.916. The highest BCUT2D eigenvalue weighted by Gasteiger charge is 2.05. The molecule has 0 aromatic carbocycles. The lowest BCUT2D eigenvalue weighted by Crippen LogP contribution is -2.37. The zero-order valence-corrected chi connectivity index (χ0v) is 12.1. The number of aromatic nitrogens is 2. The maximum atomic E-state index is 11.2. The Morgan fingerprint density at radius 1 is 1.50 bits per heavy atom. The van der Waals surface area contributed by atoms with E-state index in [2.05, 4.69) is 36.5 Å². The summed E-state index contributed by atoms with van der Waals surface area (Å²) in [4.78, 5) is 20.9. The number of nitrogens with one attached hydrogen (secondary N) is 2. The fourth-order valence-electron chi connectivity index (χ4n) is 1.08. The van der Waals surface area contributed by atoms with Gasteiger partial charge < -0.3 is 20.3 Å². The van der Waals surface area contributed by atoms with Gasteiger partial charge in [0.15, 0.2) is 0 Å². The fraction of sp³-hybridized carbons (Fsp3) is 0.500. The van der Waals surface area contributed by atoms with Gasteiger partial charge in [0.25, 0.3) is 0 Å². The molecule has 7 nitrogen and oxygen atoms in total. The molecule has 1 heterocycles. The van der Waals surface area contributed by atoms with Crippen LogP contribution in [-0.2, 0) is 0 Å². The van der Waals surface area contributed by atoms with Gasteiger partial charge in [0.05, 0.1) is 17.8 Å². The molecular formula is C10H16BrN5O2. The highest BCUT2D eigenvalue weighted by Crippen LogP contribution is 2.21. The second kappa shape index (κ2) is 7.00. The third-order valence-electron chi connectivity index (χ3n) is 2.00. The van der Waals surface area contributed by atoms with Crippen LogP contribution in [-0.4, -0.2) is 55.2 Å². The highest BCUT2D eigenvalue weighted by molar-refractivity contribution is 9.10. The van der Waals surface area contributed by atoms with Crippen LogP contribution < -0.4 is 15.4 Å². The Balaban J connectivity index is 2.38. The largest absolute Gasteiger partial charge is 0.480 e. The number of ether oxygens (including phenoxy) is 1. The number of urea groups is 1. The maximum absolute atomic E-state index is 11.2. The molecule has 2 N–H and O–H groups in total. The van der Waals surface area contributed by atoms with Gasteiger partial charge in [0, 0.05) is 27.2 Å². The van der Waals surface area contributed by atoms with Gasteiger partial charge in [-0.1, -0.05) is 0 Å². The molecule has 0 aliphatic heterocycles. The fourth-order valence-corrected chi connectivity index (χ4v) is 1.43. The van der Waals surface area contributed by atoms with Crippen LogP contribution in [0.15, 0.2) is 10.7 Å². The zero-order chi connectivity index (χ0) is 13.5. The molecule has 100 valence electrons. The number of amides is 2. The predicted octanol–water partition coefficient (Wildman–Crippen LogP) is 0.931. The van der Waals surface area contributed by atoms with E-state index in [0.29, 0.717) is 29.4 Å². The minimum Gasteiger partial charge on any atom is -0.480 e. The van der Waals surface area contributed by atoms with Gasteiger partial charge >= 0.3 is 6.03 Å². The van der Waals surface area contributed by atoms with Gasteiger partial charge in [-0.25, -0.2) is 9.78 Å². The average molecular weight is 318 g/mol. The van der Waals surface area contributed by atoms with Gasteiger partial charge in [-0.2, -0.15) is 4.98 Å². The standard InChI is InChI=1S/C10H16BrN5O2/c1-16(2)10(17)13-5-4-12-9-14-6-7(11)8(15-9)18-3/h6H,4-5H2,1-3H3,(H,13,17)(H,12,14,15). The van der Waals surface area contributed by atoms with E-state index in [1.54, 1.807) is 20.3 Å². The second-order valence-electron chi connectivity index (χ2n) is 3.60. The molecule has 0 bridgehead atoms. The molecule has 0 saturated carbocycles. The number of hydrogen-bond donors (Lipinski definition) is 2. The Morgan fingerprint density at radius 3 is 2.83 bits per heavy atom. The SMILES string of the molecule is COc1nc(NCCNC(=O)N(C)C)ncc1Br. The molecule has 0 aliphatic rings. The van der Waals surface area contributed by atoms with Gasteiger partial charge in [0.1, 0.15) is 0 Å². The molecule has 0 spiro atoms. The second-order valence-corrected chi connectivity index (χ2v) is 4.46. The molecule has 0 saturated heterocycles. The first-order valence-electron chi connectivity index (χ1n) is 5.30. The lowest BCUT2D eigenvalue weighted by molar-refractivity contribution is 0.218. The molecule has 0 atom stereocenters. The summed E-state index contributed by atoms with van der Waals surface area (Å²) in [6.07, 6.45) is 1.60. The number of rotatable bonds is 5. The Morgan fingerprint density at radius 2 is 2.22 bits per heavy atom. The molecular weight excluding hydrogens is 302 g/mol. The Hall–Kier alpha value is -1.57. The van der Waals surface area contributed by atoms with Gasteiger partial charge in [0.2, 0.25) is 11.8 Å². The van der Waals surface area contributed by atoms with Crippen LogP contribution >= 0.6 is 15.9 Å². The van der Waals surface area contributed by atoms with Crippen LogP contribution in [0, 0.1) is 0 Å². The summed E-state index contributed by atoms with van der Waals surface area (Å²) < 4.78 is 5.74. The summed E-state index contributed by atoms with van der Waals surface area (Å²) >= 11 is 3.27. The van der Waals surface area contributed by atoms with E-state index in [-0.39, 0.29) is 6.03 Å². The molecule has 0 radical (unpaired) electrons. The number of methoxy groups -OCH3 is 1. The number of halogens is 1. The topological polar surface area (TPSA) is 79.4 Å². The molecule has 1 rings (SSSR count). The molecule has 0 fully saturated rings. The van der Waals surface area contributed by atoms with E-state index in [9.17, 15) is 4.79 Å². The van der Waals surface area contributed by atoms with E-state index in [1.165, 1.54) is 12.0 Å².